The van der Waals surface area contributed by atoms with E-state index in [-0.39, 0.29) is 18.2 Å². The third kappa shape index (κ3) is 2.85. The van der Waals surface area contributed by atoms with Crippen LogP contribution in [0.3, 0.4) is 0 Å². The first kappa shape index (κ1) is 13.9. The number of ether oxygens (including phenoxy) is 2. The molecule has 2 aliphatic rings. The van der Waals surface area contributed by atoms with E-state index >= 15 is 0 Å². The summed E-state index contributed by atoms with van der Waals surface area (Å²) >= 11 is 0. The summed E-state index contributed by atoms with van der Waals surface area (Å²) in [7, 11) is 1.51. The lowest BCUT2D eigenvalue weighted by atomic mass is 10.1. The van der Waals surface area contributed by atoms with Gasteiger partial charge in [-0.05, 0) is 17.7 Å². The highest BCUT2D eigenvalue weighted by Gasteiger charge is 2.35. The van der Waals surface area contributed by atoms with Crippen LogP contribution >= 0.6 is 0 Å². The molecule has 1 aromatic rings. The summed E-state index contributed by atoms with van der Waals surface area (Å²) in [6, 6.07) is 5.30. The summed E-state index contributed by atoms with van der Waals surface area (Å²) in [5, 5.41) is 3.12. The molecule has 1 unspecified atom stereocenters. The fraction of sp³-hybridized carbons (Fsp3) is 0.467. The van der Waals surface area contributed by atoms with Gasteiger partial charge in [0.1, 0.15) is 0 Å². The van der Waals surface area contributed by atoms with Gasteiger partial charge in [-0.25, -0.2) is 0 Å². The average Bonchev–Trinajstić information content (AvgIpc) is 2.69. The van der Waals surface area contributed by atoms with Gasteiger partial charge in [0.2, 0.25) is 11.8 Å². The van der Waals surface area contributed by atoms with Crippen LogP contribution in [-0.4, -0.2) is 43.0 Å². The highest BCUT2D eigenvalue weighted by molar-refractivity contribution is 6.05. The van der Waals surface area contributed by atoms with Gasteiger partial charge in [0.05, 0.1) is 25.7 Å². The van der Waals surface area contributed by atoms with Crippen LogP contribution in [0.5, 0.6) is 11.5 Å². The van der Waals surface area contributed by atoms with Gasteiger partial charge in [-0.3, -0.25) is 14.5 Å². The summed E-state index contributed by atoms with van der Waals surface area (Å²) in [4.78, 5) is 24.4. The van der Waals surface area contributed by atoms with Crippen LogP contribution in [0.25, 0.3) is 0 Å². The Morgan fingerprint density at radius 2 is 2.00 bits per heavy atom. The first-order valence-electron chi connectivity index (χ1n) is 7.07. The quantitative estimate of drug-likeness (QED) is 0.830. The van der Waals surface area contributed by atoms with Crippen molar-refractivity contribution in [3.8, 4) is 11.5 Å². The Morgan fingerprint density at radius 1 is 1.24 bits per heavy atom. The van der Waals surface area contributed by atoms with Crippen LogP contribution in [0.2, 0.25) is 0 Å². The van der Waals surface area contributed by atoms with E-state index in [0.717, 1.165) is 23.5 Å². The Kier molecular flexibility index (Phi) is 3.79. The summed E-state index contributed by atoms with van der Waals surface area (Å²) in [6.45, 7) is 1.81. The number of hydrogen-bond acceptors (Lipinski definition) is 5. The molecule has 112 valence electrons. The minimum atomic E-state index is -0.432. The van der Waals surface area contributed by atoms with E-state index in [2.05, 4.69) is 5.32 Å². The molecule has 2 aliphatic heterocycles. The van der Waals surface area contributed by atoms with Crippen molar-refractivity contribution in [2.75, 3.05) is 20.3 Å². The summed E-state index contributed by atoms with van der Waals surface area (Å²) in [5.74, 6) is 1.17. The van der Waals surface area contributed by atoms with E-state index in [4.69, 9.17) is 9.47 Å². The Hall–Kier alpha value is -2.08. The van der Waals surface area contributed by atoms with E-state index in [1.54, 1.807) is 0 Å². The van der Waals surface area contributed by atoms with Gasteiger partial charge >= 0.3 is 0 Å². The minimum Gasteiger partial charge on any atom is -0.490 e. The molecule has 3 rings (SSSR count). The number of rotatable bonds is 3. The molecular formula is C15H18N2O4. The van der Waals surface area contributed by atoms with Gasteiger partial charge in [-0.1, -0.05) is 6.07 Å². The molecule has 1 fully saturated rings. The topological polar surface area (TPSA) is 67.9 Å². The zero-order valence-electron chi connectivity index (χ0n) is 11.9. The Labute approximate surface area is 123 Å². The van der Waals surface area contributed by atoms with Crippen LogP contribution in [0, 0.1) is 0 Å². The monoisotopic (exact) mass is 290 g/mol. The van der Waals surface area contributed by atoms with Gasteiger partial charge in [0.25, 0.3) is 0 Å². The molecule has 0 radical (unpaired) electrons. The van der Waals surface area contributed by atoms with Crippen molar-refractivity contribution in [1.82, 2.24) is 10.2 Å². The van der Waals surface area contributed by atoms with E-state index < -0.39 is 6.04 Å². The van der Waals surface area contributed by atoms with Crippen molar-refractivity contribution < 1.29 is 19.1 Å². The van der Waals surface area contributed by atoms with Crippen LogP contribution in [-0.2, 0) is 16.1 Å². The molecule has 2 amide bonds. The smallest absolute Gasteiger partial charge is 0.246 e. The molecule has 21 heavy (non-hydrogen) atoms. The van der Waals surface area contributed by atoms with Gasteiger partial charge in [-0.2, -0.15) is 0 Å². The third-order valence-electron chi connectivity index (χ3n) is 3.75. The first-order chi connectivity index (χ1) is 10.1. The number of likely N-dealkylation sites (tertiary alicyclic amines) is 1. The van der Waals surface area contributed by atoms with Crippen LogP contribution < -0.4 is 14.8 Å². The van der Waals surface area contributed by atoms with E-state index in [9.17, 15) is 9.59 Å². The van der Waals surface area contributed by atoms with Crippen molar-refractivity contribution in [2.45, 2.75) is 25.4 Å². The van der Waals surface area contributed by atoms with Crippen LogP contribution in [0.4, 0.5) is 0 Å². The highest BCUT2D eigenvalue weighted by atomic mass is 16.5. The molecule has 6 heteroatoms. The molecule has 1 aromatic carbocycles. The van der Waals surface area contributed by atoms with E-state index in [1.807, 2.05) is 18.2 Å². The maximum atomic E-state index is 11.8. The molecule has 0 saturated carbocycles. The molecule has 1 saturated heterocycles. The fourth-order valence-corrected chi connectivity index (χ4v) is 2.47. The predicted octanol–water partition coefficient (Wildman–Crippen LogP) is 0.695. The number of benzene rings is 1. The number of amides is 2. The second-order valence-electron chi connectivity index (χ2n) is 5.26. The standard InChI is InChI=1S/C15H18N2O4/c1-17-14(18)8-11(15(17)19)16-9-10-3-4-12-13(7-10)21-6-2-5-20-12/h3-4,7,11,16H,2,5-6,8-9H2,1H3. The van der Waals surface area contributed by atoms with Crippen molar-refractivity contribution in [1.29, 1.82) is 0 Å². The van der Waals surface area contributed by atoms with Crippen molar-refractivity contribution >= 4 is 11.8 Å². The third-order valence-corrected chi connectivity index (χ3v) is 3.75. The molecule has 0 spiro atoms. The minimum absolute atomic E-state index is 0.142. The molecule has 1 atom stereocenters. The molecule has 6 nitrogen and oxygen atoms in total. The fourth-order valence-electron chi connectivity index (χ4n) is 2.47. The van der Waals surface area contributed by atoms with E-state index in [1.165, 1.54) is 11.9 Å². The van der Waals surface area contributed by atoms with Crippen molar-refractivity contribution in [3.63, 3.8) is 0 Å². The van der Waals surface area contributed by atoms with Crippen LogP contribution in [0.1, 0.15) is 18.4 Å². The number of nitrogens with zero attached hydrogens (tertiary/aromatic N) is 1. The van der Waals surface area contributed by atoms with Crippen molar-refractivity contribution in [2.24, 2.45) is 0 Å². The molecule has 2 heterocycles. The Balaban J connectivity index is 1.65. The lowest BCUT2D eigenvalue weighted by Crippen LogP contribution is -2.36. The SMILES string of the molecule is CN1C(=O)CC(NCc2ccc3c(c2)OCCCO3)C1=O. The maximum absolute atomic E-state index is 11.8. The van der Waals surface area contributed by atoms with Crippen LogP contribution in [0.15, 0.2) is 18.2 Å². The largest absolute Gasteiger partial charge is 0.490 e. The van der Waals surface area contributed by atoms with Gasteiger partial charge < -0.3 is 14.8 Å². The molecule has 0 aliphatic carbocycles. The molecule has 0 bridgehead atoms. The molecular weight excluding hydrogens is 272 g/mol. The zero-order chi connectivity index (χ0) is 14.8. The lowest BCUT2D eigenvalue weighted by Gasteiger charge is -2.13. The predicted molar refractivity (Wildman–Crippen MR) is 75.1 cm³/mol. The summed E-state index contributed by atoms with van der Waals surface area (Å²) in [5.41, 5.74) is 0.994. The Bertz CT molecular complexity index is 573. The number of carbonyl (C=O) groups is 2. The second kappa shape index (κ2) is 5.73. The second-order valence-corrected chi connectivity index (χ2v) is 5.26. The number of imide groups is 1. The van der Waals surface area contributed by atoms with Gasteiger partial charge in [0.15, 0.2) is 11.5 Å². The van der Waals surface area contributed by atoms with Gasteiger partial charge in [-0.15, -0.1) is 0 Å². The number of nitrogens with one attached hydrogen (secondary N) is 1. The summed E-state index contributed by atoms with van der Waals surface area (Å²) in [6.07, 6.45) is 1.09. The molecule has 0 aromatic heterocycles. The highest BCUT2D eigenvalue weighted by Crippen LogP contribution is 2.30. The number of hydrogen-bond donors (Lipinski definition) is 1. The van der Waals surface area contributed by atoms with Crippen molar-refractivity contribution in [3.05, 3.63) is 23.8 Å². The maximum Gasteiger partial charge on any atom is 0.246 e. The zero-order valence-corrected chi connectivity index (χ0v) is 11.9. The van der Waals surface area contributed by atoms with Gasteiger partial charge in [0, 0.05) is 20.0 Å². The number of likely N-dealkylation sites (N-methyl/N-ethyl adjacent to an activating group) is 1. The average molecular weight is 290 g/mol. The Morgan fingerprint density at radius 3 is 2.71 bits per heavy atom. The lowest BCUT2D eigenvalue weighted by molar-refractivity contribution is -0.137. The number of fused-ring (bicyclic) bond motifs is 1. The number of carbonyl (C=O) groups excluding carboxylic acids is 2. The molecule has 1 N–H and O–H groups in total. The van der Waals surface area contributed by atoms with E-state index in [0.29, 0.717) is 19.8 Å². The summed E-state index contributed by atoms with van der Waals surface area (Å²) < 4.78 is 11.2. The normalized spacial score (nSPS) is 21.6. The first-order valence-corrected chi connectivity index (χ1v) is 7.07.